The number of carbonyl (C=O) groups is 1. The normalized spacial score (nSPS) is 18.4. The van der Waals surface area contributed by atoms with Crippen LogP contribution in [-0.2, 0) is 6.42 Å². The Morgan fingerprint density at radius 3 is 2.72 bits per heavy atom. The van der Waals surface area contributed by atoms with E-state index in [-0.39, 0.29) is 30.2 Å². The zero-order chi connectivity index (χ0) is 22.7. The van der Waals surface area contributed by atoms with Gasteiger partial charge in [-0.1, -0.05) is 12.8 Å². The van der Waals surface area contributed by atoms with Crippen molar-refractivity contribution in [2.24, 2.45) is 5.73 Å². The largest absolute Gasteiger partial charge is 0.493 e. The van der Waals surface area contributed by atoms with E-state index < -0.39 is 0 Å². The molecule has 9 nitrogen and oxygen atoms in total. The van der Waals surface area contributed by atoms with Crippen molar-refractivity contribution < 1.29 is 19.0 Å². The quantitative estimate of drug-likeness (QED) is 0.491. The molecule has 0 spiro atoms. The number of carbonyl (C=O) groups excluding carboxylic acids is 1. The number of aromatic nitrogens is 3. The van der Waals surface area contributed by atoms with Crippen LogP contribution in [-0.4, -0.2) is 54.1 Å². The number of pyridine rings is 1. The molecule has 0 unspecified atom stereocenters. The second kappa shape index (κ2) is 9.66. The first kappa shape index (κ1) is 22.2. The number of nitrogens with one attached hydrogen (secondary N) is 1. The molecule has 10 heteroatoms. The third kappa shape index (κ3) is 4.46. The Balaban J connectivity index is 1.59. The van der Waals surface area contributed by atoms with Crippen molar-refractivity contribution in [3.8, 4) is 17.4 Å². The van der Waals surface area contributed by atoms with Crippen LogP contribution in [0.5, 0.6) is 17.4 Å². The molecular weight excluding hydrogens is 430 g/mol. The van der Waals surface area contributed by atoms with Gasteiger partial charge in [0.25, 0.3) is 5.88 Å². The lowest BCUT2D eigenvalue weighted by Crippen LogP contribution is -2.42. The summed E-state index contributed by atoms with van der Waals surface area (Å²) in [7, 11) is 4.53. The van der Waals surface area contributed by atoms with Gasteiger partial charge in [-0.2, -0.15) is 0 Å². The van der Waals surface area contributed by atoms with E-state index in [1.165, 1.54) is 32.7 Å². The SMILES string of the molecule is COc1cc(CC(=O)c2csc3cnc(N[C@H]4CCCC[C@H]4N)nc23)nc(OC)c1OC. The van der Waals surface area contributed by atoms with E-state index in [0.29, 0.717) is 34.2 Å². The standard InChI is InChI=1S/C22H27N5O4S/c1-29-17-9-12(25-21(31-3)20(17)30-2)8-16(28)13-11-32-18-10-24-22(27-19(13)18)26-15-7-5-4-6-14(15)23/h9-11,14-15H,4-8,23H2,1-3H3,(H,24,26,27)/t14-,15+/m1/s1. The Labute approximate surface area is 190 Å². The number of Topliss-reactive ketones (excluding diaryl/α,β-unsaturated/α-hetero) is 1. The highest BCUT2D eigenvalue weighted by Gasteiger charge is 2.23. The minimum atomic E-state index is -0.1000. The van der Waals surface area contributed by atoms with Crippen molar-refractivity contribution in [3.63, 3.8) is 0 Å². The van der Waals surface area contributed by atoms with E-state index in [0.717, 1.165) is 30.4 Å². The number of rotatable bonds is 8. The van der Waals surface area contributed by atoms with Crippen LogP contribution in [0.1, 0.15) is 41.7 Å². The number of nitrogens with zero attached hydrogens (tertiary/aromatic N) is 3. The molecule has 32 heavy (non-hydrogen) atoms. The number of nitrogens with two attached hydrogens (primary N) is 1. The van der Waals surface area contributed by atoms with Crippen LogP contribution in [0.3, 0.4) is 0 Å². The number of hydrogen-bond donors (Lipinski definition) is 2. The maximum absolute atomic E-state index is 13.1. The number of hydrogen-bond acceptors (Lipinski definition) is 10. The van der Waals surface area contributed by atoms with E-state index in [1.807, 2.05) is 5.38 Å². The molecule has 0 aliphatic heterocycles. The zero-order valence-electron chi connectivity index (χ0n) is 18.4. The lowest BCUT2D eigenvalue weighted by atomic mass is 9.91. The van der Waals surface area contributed by atoms with Crippen molar-refractivity contribution >= 4 is 33.3 Å². The van der Waals surface area contributed by atoms with Crippen molar-refractivity contribution in [2.75, 3.05) is 26.6 Å². The van der Waals surface area contributed by atoms with Crippen LogP contribution in [0.25, 0.3) is 10.2 Å². The van der Waals surface area contributed by atoms with E-state index in [4.69, 9.17) is 19.9 Å². The predicted octanol–water partition coefficient (Wildman–Crippen LogP) is 3.22. The van der Waals surface area contributed by atoms with Crippen molar-refractivity contribution in [2.45, 2.75) is 44.2 Å². The fraction of sp³-hybridized carbons (Fsp3) is 0.455. The van der Waals surface area contributed by atoms with Crippen molar-refractivity contribution in [1.29, 1.82) is 0 Å². The van der Waals surface area contributed by atoms with Crippen LogP contribution in [0.4, 0.5) is 5.95 Å². The summed E-state index contributed by atoms with van der Waals surface area (Å²) in [4.78, 5) is 26.6. The first-order valence-corrected chi connectivity index (χ1v) is 11.4. The first-order valence-electron chi connectivity index (χ1n) is 10.5. The van der Waals surface area contributed by atoms with Crippen LogP contribution in [0.2, 0.25) is 0 Å². The highest BCUT2D eigenvalue weighted by molar-refractivity contribution is 7.17. The van der Waals surface area contributed by atoms with Gasteiger partial charge in [-0.05, 0) is 12.8 Å². The number of ketones is 1. The molecular formula is C22H27N5O4S. The fourth-order valence-corrected chi connectivity index (χ4v) is 4.83. The molecule has 0 aromatic carbocycles. The van der Waals surface area contributed by atoms with Crippen molar-refractivity contribution in [3.05, 3.63) is 28.9 Å². The lowest BCUT2D eigenvalue weighted by Gasteiger charge is -2.29. The summed E-state index contributed by atoms with van der Waals surface area (Å²) in [5.41, 5.74) is 7.94. The summed E-state index contributed by atoms with van der Waals surface area (Å²) < 4.78 is 16.8. The van der Waals surface area contributed by atoms with Gasteiger partial charge in [0, 0.05) is 23.5 Å². The molecule has 1 fully saturated rings. The Bertz CT molecular complexity index is 1090. The molecule has 3 aromatic heterocycles. The Morgan fingerprint density at radius 2 is 2.00 bits per heavy atom. The molecule has 4 rings (SSSR count). The minimum absolute atomic E-state index is 0.0722. The second-order valence-electron chi connectivity index (χ2n) is 7.71. The Hall–Kier alpha value is -2.98. The molecule has 0 bridgehead atoms. The number of anilines is 1. The monoisotopic (exact) mass is 457 g/mol. The molecule has 3 N–H and O–H groups in total. The first-order chi connectivity index (χ1) is 15.5. The lowest BCUT2D eigenvalue weighted by molar-refractivity contribution is 0.0993. The number of methoxy groups -OCH3 is 3. The fourth-order valence-electron chi connectivity index (χ4n) is 3.96. The van der Waals surface area contributed by atoms with E-state index >= 15 is 0 Å². The maximum Gasteiger partial charge on any atom is 0.261 e. The van der Waals surface area contributed by atoms with Crippen LogP contribution < -0.4 is 25.3 Å². The summed E-state index contributed by atoms with van der Waals surface area (Å²) in [5.74, 6) is 1.50. The molecule has 170 valence electrons. The van der Waals surface area contributed by atoms with Gasteiger partial charge in [0.2, 0.25) is 11.7 Å². The molecule has 0 radical (unpaired) electrons. The molecule has 0 saturated heterocycles. The molecule has 3 heterocycles. The van der Waals surface area contributed by atoms with E-state index in [2.05, 4.69) is 20.3 Å². The minimum Gasteiger partial charge on any atom is -0.493 e. The molecule has 1 saturated carbocycles. The van der Waals surface area contributed by atoms with Gasteiger partial charge in [-0.15, -0.1) is 11.3 Å². The molecule has 3 aromatic rings. The molecule has 1 aliphatic rings. The summed E-state index contributed by atoms with van der Waals surface area (Å²) in [6.07, 6.45) is 6.09. The number of fused-ring (bicyclic) bond motifs is 1. The summed E-state index contributed by atoms with van der Waals surface area (Å²) in [6, 6.07) is 1.90. The second-order valence-corrected chi connectivity index (χ2v) is 8.62. The topological polar surface area (TPSA) is 121 Å². The van der Waals surface area contributed by atoms with Gasteiger partial charge in [-0.3, -0.25) is 4.79 Å². The molecule has 1 aliphatic carbocycles. The van der Waals surface area contributed by atoms with Gasteiger partial charge < -0.3 is 25.3 Å². The van der Waals surface area contributed by atoms with Crippen LogP contribution in [0, 0.1) is 0 Å². The van der Waals surface area contributed by atoms with Gasteiger partial charge in [0.05, 0.1) is 55.4 Å². The third-order valence-corrected chi connectivity index (χ3v) is 6.57. The van der Waals surface area contributed by atoms with Crippen molar-refractivity contribution in [1.82, 2.24) is 15.0 Å². The highest BCUT2D eigenvalue weighted by Crippen LogP contribution is 2.36. The van der Waals surface area contributed by atoms with E-state index in [1.54, 1.807) is 12.3 Å². The maximum atomic E-state index is 13.1. The van der Waals surface area contributed by atoms with Crippen LogP contribution >= 0.6 is 11.3 Å². The zero-order valence-corrected chi connectivity index (χ0v) is 19.2. The predicted molar refractivity (Wildman–Crippen MR) is 123 cm³/mol. The summed E-state index contributed by atoms with van der Waals surface area (Å²) in [6.45, 7) is 0. The average molecular weight is 458 g/mol. The highest BCUT2D eigenvalue weighted by atomic mass is 32.1. The van der Waals surface area contributed by atoms with Gasteiger partial charge in [-0.25, -0.2) is 15.0 Å². The van der Waals surface area contributed by atoms with Crippen LogP contribution in [0.15, 0.2) is 17.6 Å². The Morgan fingerprint density at radius 1 is 1.19 bits per heavy atom. The third-order valence-electron chi connectivity index (χ3n) is 5.67. The van der Waals surface area contributed by atoms with Gasteiger partial charge in [0.1, 0.15) is 0 Å². The summed E-state index contributed by atoms with van der Waals surface area (Å²) >= 11 is 1.44. The number of ether oxygens (including phenoxy) is 3. The number of thiophene rings is 1. The van der Waals surface area contributed by atoms with Gasteiger partial charge in [0.15, 0.2) is 11.5 Å². The smallest absolute Gasteiger partial charge is 0.261 e. The Kier molecular flexibility index (Phi) is 6.71. The average Bonchev–Trinajstić information content (AvgIpc) is 3.23. The van der Waals surface area contributed by atoms with Gasteiger partial charge >= 0.3 is 0 Å². The molecule has 0 amide bonds. The summed E-state index contributed by atoms with van der Waals surface area (Å²) in [5, 5.41) is 5.17. The van der Waals surface area contributed by atoms with E-state index in [9.17, 15) is 4.79 Å². The molecule has 2 atom stereocenters.